The average Bonchev–Trinajstić information content (AvgIpc) is 2.74. The van der Waals surface area contributed by atoms with Crippen LogP contribution in [0.2, 0.25) is 10.2 Å². The van der Waals surface area contributed by atoms with Gasteiger partial charge in [0.15, 0.2) is 0 Å². The second-order valence-corrected chi connectivity index (χ2v) is 8.29. The Morgan fingerprint density at radius 2 is 1.87 bits per heavy atom. The van der Waals surface area contributed by atoms with Crippen LogP contribution in [0.1, 0.15) is 16.7 Å². The molecule has 1 saturated heterocycles. The molecule has 0 bridgehead atoms. The van der Waals surface area contributed by atoms with Crippen LogP contribution in [0, 0.1) is 18.3 Å². The van der Waals surface area contributed by atoms with Crippen molar-refractivity contribution in [3.63, 3.8) is 0 Å². The van der Waals surface area contributed by atoms with Gasteiger partial charge in [-0.3, -0.25) is 9.69 Å². The summed E-state index contributed by atoms with van der Waals surface area (Å²) in [5.74, 6) is 0. The van der Waals surface area contributed by atoms with Crippen LogP contribution >= 0.6 is 23.2 Å². The van der Waals surface area contributed by atoms with Crippen LogP contribution in [0.25, 0.3) is 11.0 Å². The Hall–Kier alpha value is -2.59. The molecule has 0 unspecified atom stereocenters. The summed E-state index contributed by atoms with van der Waals surface area (Å²) < 4.78 is 1.46. The van der Waals surface area contributed by atoms with Gasteiger partial charge in [-0.05, 0) is 36.2 Å². The van der Waals surface area contributed by atoms with E-state index >= 15 is 0 Å². The zero-order chi connectivity index (χ0) is 21.4. The van der Waals surface area contributed by atoms with E-state index in [1.54, 1.807) is 19.2 Å². The lowest BCUT2D eigenvalue weighted by atomic mass is 10.1. The Morgan fingerprint density at radius 3 is 2.53 bits per heavy atom. The molecule has 1 aromatic carbocycles. The van der Waals surface area contributed by atoms with Gasteiger partial charge in [0.25, 0.3) is 5.56 Å². The summed E-state index contributed by atoms with van der Waals surface area (Å²) >= 11 is 12.5. The number of fused-ring (bicyclic) bond motifs is 1. The Balaban J connectivity index is 1.65. The number of nitriles is 1. The predicted molar refractivity (Wildman–Crippen MR) is 120 cm³/mol. The molecule has 3 aromatic rings. The van der Waals surface area contributed by atoms with Crippen LogP contribution in [-0.2, 0) is 13.6 Å². The molecular weight excluding hydrogens is 421 g/mol. The highest BCUT2D eigenvalue weighted by Gasteiger charge is 2.25. The summed E-state index contributed by atoms with van der Waals surface area (Å²) in [6.45, 7) is 5.76. The van der Waals surface area contributed by atoms with Gasteiger partial charge in [-0.25, -0.2) is 4.98 Å². The molecule has 0 radical (unpaired) electrons. The average molecular weight is 442 g/mol. The first-order valence-corrected chi connectivity index (χ1v) is 10.5. The summed E-state index contributed by atoms with van der Waals surface area (Å²) in [4.78, 5) is 21.6. The summed E-state index contributed by atoms with van der Waals surface area (Å²) in [6.07, 6.45) is 0. The lowest BCUT2D eigenvalue weighted by Crippen LogP contribution is -2.47. The Morgan fingerprint density at radius 1 is 1.13 bits per heavy atom. The minimum absolute atomic E-state index is 0.107. The molecule has 0 spiro atoms. The minimum atomic E-state index is -0.321. The first-order valence-electron chi connectivity index (χ1n) is 9.71. The van der Waals surface area contributed by atoms with E-state index in [9.17, 15) is 10.1 Å². The number of hydrogen-bond acceptors (Lipinski definition) is 5. The molecular formula is C22H21Cl2N5O. The summed E-state index contributed by atoms with van der Waals surface area (Å²) in [5.41, 5.74) is 3.91. The van der Waals surface area contributed by atoms with E-state index in [-0.39, 0.29) is 11.1 Å². The lowest BCUT2D eigenvalue weighted by molar-refractivity contribution is 0.249. The van der Waals surface area contributed by atoms with Gasteiger partial charge in [0.05, 0.1) is 11.2 Å². The summed E-state index contributed by atoms with van der Waals surface area (Å²) in [7, 11) is 1.65. The molecule has 8 heteroatoms. The van der Waals surface area contributed by atoms with E-state index in [2.05, 4.69) is 33.8 Å². The summed E-state index contributed by atoms with van der Waals surface area (Å²) in [6, 6.07) is 11.5. The fourth-order valence-corrected chi connectivity index (χ4v) is 4.43. The number of aromatic nitrogens is 2. The first kappa shape index (κ1) is 20.7. The number of aryl methyl sites for hydroxylation is 2. The van der Waals surface area contributed by atoms with Gasteiger partial charge in [-0.2, -0.15) is 5.26 Å². The second kappa shape index (κ2) is 8.27. The van der Waals surface area contributed by atoms with Crippen LogP contribution < -0.4 is 10.5 Å². The van der Waals surface area contributed by atoms with Crippen molar-refractivity contribution in [2.45, 2.75) is 13.5 Å². The molecule has 0 amide bonds. The SMILES string of the molecule is Cc1cccc(Cl)c1CN1CCN(c2c(C#N)c(=O)n(C)c3ccc(Cl)nc23)CC1. The fraction of sp³-hybridized carbons (Fsp3) is 0.318. The van der Waals surface area contributed by atoms with E-state index in [1.165, 1.54) is 10.1 Å². The van der Waals surface area contributed by atoms with Crippen LogP contribution in [-0.4, -0.2) is 40.6 Å². The van der Waals surface area contributed by atoms with Crippen molar-refractivity contribution in [2.24, 2.45) is 7.05 Å². The third-order valence-electron chi connectivity index (χ3n) is 5.72. The first-order chi connectivity index (χ1) is 14.4. The molecule has 0 N–H and O–H groups in total. The molecule has 1 aliphatic rings. The van der Waals surface area contributed by atoms with E-state index in [4.69, 9.17) is 23.2 Å². The summed E-state index contributed by atoms with van der Waals surface area (Å²) in [5, 5.41) is 10.8. The maximum atomic E-state index is 12.8. The highest BCUT2D eigenvalue weighted by atomic mass is 35.5. The van der Waals surface area contributed by atoms with Gasteiger partial charge in [0.2, 0.25) is 0 Å². The van der Waals surface area contributed by atoms with Gasteiger partial charge in [0, 0.05) is 44.8 Å². The molecule has 6 nitrogen and oxygen atoms in total. The highest BCUT2D eigenvalue weighted by molar-refractivity contribution is 6.31. The molecule has 0 saturated carbocycles. The van der Waals surface area contributed by atoms with E-state index in [1.807, 2.05) is 12.1 Å². The van der Waals surface area contributed by atoms with Gasteiger partial charge >= 0.3 is 0 Å². The number of hydrogen-bond donors (Lipinski definition) is 0. The maximum Gasteiger partial charge on any atom is 0.270 e. The molecule has 4 rings (SSSR count). The van der Waals surface area contributed by atoms with Gasteiger partial charge < -0.3 is 9.47 Å². The van der Waals surface area contributed by atoms with Crippen LogP contribution in [0.15, 0.2) is 35.1 Å². The van der Waals surface area contributed by atoms with Crippen molar-refractivity contribution in [1.82, 2.24) is 14.5 Å². The zero-order valence-electron chi connectivity index (χ0n) is 16.8. The van der Waals surface area contributed by atoms with Crippen molar-refractivity contribution in [3.8, 4) is 6.07 Å². The molecule has 1 aliphatic heterocycles. The van der Waals surface area contributed by atoms with E-state index < -0.39 is 0 Å². The van der Waals surface area contributed by atoms with Gasteiger partial charge in [0.1, 0.15) is 22.3 Å². The fourth-order valence-electron chi connectivity index (χ4n) is 4.00. The maximum absolute atomic E-state index is 12.8. The zero-order valence-corrected chi connectivity index (χ0v) is 18.3. The van der Waals surface area contributed by atoms with Crippen LogP contribution in [0.3, 0.4) is 0 Å². The number of nitrogens with zero attached hydrogens (tertiary/aromatic N) is 5. The number of halogens is 2. The van der Waals surface area contributed by atoms with Crippen LogP contribution in [0.4, 0.5) is 5.69 Å². The largest absolute Gasteiger partial charge is 0.366 e. The number of piperazine rings is 1. The van der Waals surface area contributed by atoms with Crippen molar-refractivity contribution < 1.29 is 0 Å². The van der Waals surface area contributed by atoms with E-state index in [0.717, 1.165) is 30.2 Å². The van der Waals surface area contributed by atoms with Crippen molar-refractivity contribution in [3.05, 3.63) is 67.6 Å². The van der Waals surface area contributed by atoms with Crippen LogP contribution in [0.5, 0.6) is 0 Å². The predicted octanol–water partition coefficient (Wildman–Crippen LogP) is 3.74. The topological polar surface area (TPSA) is 65.2 Å². The van der Waals surface area contributed by atoms with Crippen molar-refractivity contribution in [1.29, 1.82) is 5.26 Å². The minimum Gasteiger partial charge on any atom is -0.366 e. The molecule has 30 heavy (non-hydrogen) atoms. The number of anilines is 1. The van der Waals surface area contributed by atoms with Crippen molar-refractivity contribution in [2.75, 3.05) is 31.1 Å². The Labute approximate surface area is 184 Å². The molecule has 0 atom stereocenters. The quantitative estimate of drug-likeness (QED) is 0.579. The standard InChI is InChI=1S/C22H21Cl2N5O/c1-14-4-3-5-17(23)16(14)13-28-8-10-29(11-9-28)21-15(12-25)22(30)27(2)18-6-7-19(24)26-20(18)21/h3-7H,8-11,13H2,1-2H3. The third kappa shape index (κ3) is 3.65. The van der Waals surface area contributed by atoms with Gasteiger partial charge in [-0.1, -0.05) is 35.3 Å². The monoisotopic (exact) mass is 441 g/mol. The van der Waals surface area contributed by atoms with E-state index in [0.29, 0.717) is 35.0 Å². The third-order valence-corrected chi connectivity index (χ3v) is 6.28. The number of rotatable bonds is 3. The molecule has 2 aromatic heterocycles. The Bertz CT molecular complexity index is 1200. The molecule has 1 fully saturated rings. The number of benzene rings is 1. The normalized spacial score (nSPS) is 14.8. The smallest absolute Gasteiger partial charge is 0.270 e. The molecule has 0 aliphatic carbocycles. The highest BCUT2D eigenvalue weighted by Crippen LogP contribution is 2.29. The lowest BCUT2D eigenvalue weighted by Gasteiger charge is -2.37. The van der Waals surface area contributed by atoms with Gasteiger partial charge in [-0.15, -0.1) is 0 Å². The number of pyridine rings is 2. The molecule has 154 valence electrons. The van der Waals surface area contributed by atoms with Crippen molar-refractivity contribution >= 4 is 39.9 Å². The molecule has 3 heterocycles. The Kier molecular flexibility index (Phi) is 5.70. The second-order valence-electron chi connectivity index (χ2n) is 7.50.